The first-order valence-electron chi connectivity index (χ1n) is 9.46. The molecule has 3 aromatic carbocycles. The average molecular weight is 591 g/mol. The monoisotopic (exact) mass is 590 g/mol. The van der Waals surface area contributed by atoms with Crippen LogP contribution in [0.5, 0.6) is 5.75 Å². The molecule has 0 atom stereocenters. The second-order valence-corrected chi connectivity index (χ2v) is 8.91. The Bertz CT molecular complexity index is 1190. The standard InChI is InChI=1S/C24H17BrFIN2O2/c1-15-19(24(30)29(28-15)18-8-3-2-4-9-18)11-16-12-20(25)23(22(27)13-16)31-14-17-7-5-6-10-21(17)26/h2-13H,14H2,1H3/b19-11+. The van der Waals surface area contributed by atoms with Crippen molar-refractivity contribution in [1.29, 1.82) is 0 Å². The number of para-hydroxylation sites is 1. The molecule has 0 saturated carbocycles. The van der Waals surface area contributed by atoms with Gasteiger partial charge in [-0.05, 0) is 87.4 Å². The van der Waals surface area contributed by atoms with E-state index >= 15 is 0 Å². The van der Waals surface area contributed by atoms with E-state index in [-0.39, 0.29) is 18.3 Å². The van der Waals surface area contributed by atoms with Crippen molar-refractivity contribution in [1.82, 2.24) is 0 Å². The minimum absolute atomic E-state index is 0.123. The van der Waals surface area contributed by atoms with E-state index in [0.29, 0.717) is 22.6 Å². The number of hydrogen-bond acceptors (Lipinski definition) is 3. The van der Waals surface area contributed by atoms with E-state index < -0.39 is 0 Å². The summed E-state index contributed by atoms with van der Waals surface area (Å²) in [6.45, 7) is 1.94. The molecular weight excluding hydrogens is 574 g/mol. The summed E-state index contributed by atoms with van der Waals surface area (Å²) < 4.78 is 21.3. The van der Waals surface area contributed by atoms with Gasteiger partial charge in [-0.2, -0.15) is 10.1 Å². The van der Waals surface area contributed by atoms with Crippen molar-refractivity contribution in [2.75, 3.05) is 5.01 Å². The van der Waals surface area contributed by atoms with Crippen LogP contribution in [0.3, 0.4) is 0 Å². The number of rotatable bonds is 5. The summed E-state index contributed by atoms with van der Waals surface area (Å²) in [5.41, 5.74) is 3.23. The maximum atomic E-state index is 13.9. The first-order valence-corrected chi connectivity index (χ1v) is 11.3. The highest BCUT2D eigenvalue weighted by Crippen LogP contribution is 2.34. The summed E-state index contributed by atoms with van der Waals surface area (Å²) in [5.74, 6) is 0.155. The molecule has 0 aliphatic carbocycles. The quantitative estimate of drug-likeness (QED) is 0.249. The van der Waals surface area contributed by atoms with Crippen LogP contribution in [0.1, 0.15) is 18.1 Å². The number of nitrogens with zero attached hydrogens (tertiary/aromatic N) is 2. The van der Waals surface area contributed by atoms with Gasteiger partial charge in [0.05, 0.1) is 25.0 Å². The smallest absolute Gasteiger partial charge is 0.280 e. The summed E-state index contributed by atoms with van der Waals surface area (Å²) in [7, 11) is 0. The van der Waals surface area contributed by atoms with Crippen molar-refractivity contribution in [3.05, 3.63) is 97.3 Å². The van der Waals surface area contributed by atoms with Crippen molar-refractivity contribution in [2.45, 2.75) is 13.5 Å². The fourth-order valence-electron chi connectivity index (χ4n) is 3.16. The molecule has 4 nitrogen and oxygen atoms in total. The SMILES string of the molecule is CC1=NN(c2ccccc2)C(=O)/C1=C/c1cc(Br)c(OCc2ccccc2F)c(I)c1. The minimum atomic E-state index is -0.299. The number of hydrogen-bond donors (Lipinski definition) is 0. The van der Waals surface area contributed by atoms with Crippen molar-refractivity contribution in [2.24, 2.45) is 5.10 Å². The van der Waals surface area contributed by atoms with E-state index in [2.05, 4.69) is 43.6 Å². The molecule has 7 heteroatoms. The van der Waals surface area contributed by atoms with E-state index in [9.17, 15) is 9.18 Å². The maximum absolute atomic E-state index is 13.9. The van der Waals surface area contributed by atoms with Gasteiger partial charge in [0.1, 0.15) is 18.2 Å². The molecule has 4 rings (SSSR count). The van der Waals surface area contributed by atoms with Gasteiger partial charge < -0.3 is 4.74 Å². The topological polar surface area (TPSA) is 41.9 Å². The Morgan fingerprint density at radius 2 is 1.84 bits per heavy atom. The number of benzene rings is 3. The third kappa shape index (κ3) is 4.72. The normalized spacial score (nSPS) is 14.8. The van der Waals surface area contributed by atoms with Gasteiger partial charge in [-0.1, -0.05) is 36.4 Å². The van der Waals surface area contributed by atoms with E-state index in [1.165, 1.54) is 11.1 Å². The van der Waals surface area contributed by atoms with Crippen LogP contribution in [0.2, 0.25) is 0 Å². The van der Waals surface area contributed by atoms with Crippen molar-refractivity contribution >= 4 is 61.9 Å². The molecule has 0 aromatic heterocycles. The zero-order valence-corrected chi connectivity index (χ0v) is 20.2. The van der Waals surface area contributed by atoms with Gasteiger partial charge in [0.2, 0.25) is 0 Å². The second-order valence-electron chi connectivity index (χ2n) is 6.89. The molecule has 156 valence electrons. The zero-order chi connectivity index (χ0) is 22.0. The number of carbonyl (C=O) groups excluding carboxylic acids is 1. The second kappa shape index (κ2) is 9.32. The summed E-state index contributed by atoms with van der Waals surface area (Å²) in [5, 5.41) is 5.82. The van der Waals surface area contributed by atoms with E-state index in [0.717, 1.165) is 19.3 Å². The lowest BCUT2D eigenvalue weighted by Crippen LogP contribution is -2.21. The molecule has 1 heterocycles. The first kappa shape index (κ1) is 21.7. The Balaban J connectivity index is 1.57. The minimum Gasteiger partial charge on any atom is -0.486 e. The molecule has 1 amide bonds. The zero-order valence-electron chi connectivity index (χ0n) is 16.5. The van der Waals surface area contributed by atoms with Gasteiger partial charge in [-0.15, -0.1) is 0 Å². The Kier molecular flexibility index (Phi) is 6.52. The fraction of sp³-hybridized carbons (Fsp3) is 0.0833. The lowest BCUT2D eigenvalue weighted by molar-refractivity contribution is -0.114. The Morgan fingerprint density at radius 3 is 2.55 bits per heavy atom. The van der Waals surface area contributed by atoms with Crippen LogP contribution in [-0.2, 0) is 11.4 Å². The van der Waals surface area contributed by atoms with Gasteiger partial charge in [0, 0.05) is 5.56 Å². The number of hydrazone groups is 1. The van der Waals surface area contributed by atoms with E-state index in [1.807, 2.05) is 55.5 Å². The lowest BCUT2D eigenvalue weighted by atomic mass is 10.1. The van der Waals surface area contributed by atoms with Crippen LogP contribution >= 0.6 is 38.5 Å². The average Bonchev–Trinajstić information content (AvgIpc) is 3.03. The molecule has 0 saturated heterocycles. The molecule has 1 aliphatic rings. The van der Waals surface area contributed by atoms with Gasteiger partial charge in [0.15, 0.2) is 0 Å². The lowest BCUT2D eigenvalue weighted by Gasteiger charge is -2.13. The largest absolute Gasteiger partial charge is 0.486 e. The van der Waals surface area contributed by atoms with E-state index in [4.69, 9.17) is 4.74 Å². The molecule has 0 unspecified atom stereocenters. The summed E-state index contributed by atoms with van der Waals surface area (Å²) in [6.07, 6.45) is 1.82. The number of amides is 1. The van der Waals surface area contributed by atoms with Crippen LogP contribution < -0.4 is 9.75 Å². The molecular formula is C24H17BrFIN2O2. The molecule has 0 fully saturated rings. The van der Waals surface area contributed by atoms with Crippen molar-refractivity contribution in [3.63, 3.8) is 0 Å². The highest BCUT2D eigenvalue weighted by Gasteiger charge is 2.28. The molecule has 31 heavy (non-hydrogen) atoms. The molecule has 3 aromatic rings. The number of anilines is 1. The summed E-state index contributed by atoms with van der Waals surface area (Å²) in [4.78, 5) is 12.9. The van der Waals surface area contributed by atoms with Gasteiger partial charge in [-0.3, -0.25) is 4.79 Å². The number of ether oxygens (including phenoxy) is 1. The fourth-order valence-corrected chi connectivity index (χ4v) is 4.93. The summed E-state index contributed by atoms with van der Waals surface area (Å²) in [6, 6.07) is 19.6. The predicted octanol–water partition coefficient (Wildman–Crippen LogP) is 6.58. The predicted molar refractivity (Wildman–Crippen MR) is 133 cm³/mol. The summed E-state index contributed by atoms with van der Waals surface area (Å²) >= 11 is 5.71. The highest BCUT2D eigenvalue weighted by molar-refractivity contribution is 14.1. The molecule has 0 N–H and O–H groups in total. The van der Waals surface area contributed by atoms with Gasteiger partial charge >= 0.3 is 0 Å². The van der Waals surface area contributed by atoms with Crippen LogP contribution in [0.25, 0.3) is 6.08 Å². The number of halogens is 3. The van der Waals surface area contributed by atoms with Gasteiger partial charge in [-0.25, -0.2) is 4.39 Å². The van der Waals surface area contributed by atoms with Gasteiger partial charge in [0.25, 0.3) is 5.91 Å². The van der Waals surface area contributed by atoms with Crippen LogP contribution in [0.15, 0.2) is 81.9 Å². The highest BCUT2D eigenvalue weighted by atomic mass is 127. The third-order valence-electron chi connectivity index (χ3n) is 4.72. The first-order chi connectivity index (χ1) is 14.9. The Hall–Kier alpha value is -2.52. The maximum Gasteiger partial charge on any atom is 0.280 e. The Labute approximate surface area is 201 Å². The van der Waals surface area contributed by atoms with Crippen LogP contribution in [0, 0.1) is 9.39 Å². The van der Waals surface area contributed by atoms with Crippen molar-refractivity contribution in [3.8, 4) is 5.75 Å². The molecule has 0 radical (unpaired) electrons. The van der Waals surface area contributed by atoms with Crippen LogP contribution in [-0.4, -0.2) is 11.6 Å². The van der Waals surface area contributed by atoms with Crippen molar-refractivity contribution < 1.29 is 13.9 Å². The third-order valence-corrected chi connectivity index (χ3v) is 6.12. The molecule has 0 bridgehead atoms. The van der Waals surface area contributed by atoms with E-state index in [1.54, 1.807) is 18.2 Å². The number of carbonyl (C=O) groups is 1. The Morgan fingerprint density at radius 1 is 1.13 bits per heavy atom. The van der Waals surface area contributed by atoms with Crippen LogP contribution in [0.4, 0.5) is 10.1 Å². The molecule has 0 spiro atoms. The molecule has 1 aliphatic heterocycles.